The Kier molecular flexibility index (Phi) is 6.96. The van der Waals surface area contributed by atoms with Gasteiger partial charge in [-0.1, -0.05) is 116 Å². The van der Waals surface area contributed by atoms with Crippen molar-refractivity contribution in [2.24, 2.45) is 0 Å². The highest BCUT2D eigenvalue weighted by Crippen LogP contribution is 2.40. The summed E-state index contributed by atoms with van der Waals surface area (Å²) >= 11 is 0. The molecular formula is C44H34N2. The summed E-state index contributed by atoms with van der Waals surface area (Å²) in [5.74, 6) is 0. The quantitative estimate of drug-likeness (QED) is 0.170. The fraction of sp³-hybridized carbons (Fsp3) is 0.0455. The van der Waals surface area contributed by atoms with Crippen LogP contribution in [-0.2, 0) is 6.42 Å². The Hall–Kier alpha value is -5.86. The molecule has 0 N–H and O–H groups in total. The lowest BCUT2D eigenvalue weighted by Crippen LogP contribution is -2.16. The molecule has 0 bridgehead atoms. The first kappa shape index (κ1) is 27.7. The van der Waals surface area contributed by atoms with E-state index >= 15 is 0 Å². The lowest BCUT2D eigenvalue weighted by molar-refractivity contribution is 1.21. The van der Waals surface area contributed by atoms with Crippen LogP contribution in [0.3, 0.4) is 0 Å². The molecule has 0 unspecified atom stereocenters. The standard InChI is InChI=1S/C44H34N2/c1-3-4-17-38-37-18-10-11-19-39(37)40-20-12-21-42-43(29-28-41(38)44(40)42)45(2)33-24-26-35(27-25-33)46(34-15-6-5-7-16-34)36-23-22-31-13-8-9-14-32(31)30-36/h3-17,19-30H,1,18H2,2H3/b17-4-. The summed E-state index contributed by atoms with van der Waals surface area (Å²) in [7, 11) is 2.17. The summed E-state index contributed by atoms with van der Waals surface area (Å²) in [4.78, 5) is 4.64. The third-order valence-electron chi connectivity index (χ3n) is 9.23. The van der Waals surface area contributed by atoms with Gasteiger partial charge >= 0.3 is 0 Å². The van der Waals surface area contributed by atoms with Gasteiger partial charge in [-0.2, -0.15) is 0 Å². The zero-order valence-electron chi connectivity index (χ0n) is 25.9. The van der Waals surface area contributed by atoms with Crippen molar-refractivity contribution in [3.63, 3.8) is 0 Å². The number of nitrogens with zero attached hydrogens (tertiary/aromatic N) is 2. The number of anilines is 5. The SMILES string of the molecule is C=C/C=C\c1c2c(c3cccc4c(N(C)c5ccc(N(c6ccccc6)c6ccc7ccccc7c6)cc5)ccc1c43)=CC=CC2. The van der Waals surface area contributed by atoms with Crippen molar-refractivity contribution in [3.8, 4) is 0 Å². The largest absolute Gasteiger partial charge is 0.344 e. The van der Waals surface area contributed by atoms with Crippen molar-refractivity contribution < 1.29 is 0 Å². The molecule has 7 aromatic rings. The van der Waals surface area contributed by atoms with E-state index in [2.05, 4.69) is 181 Å². The highest BCUT2D eigenvalue weighted by molar-refractivity contribution is 6.18. The maximum atomic E-state index is 3.93. The lowest BCUT2D eigenvalue weighted by atomic mass is 9.87. The molecule has 0 saturated heterocycles. The molecule has 0 spiro atoms. The van der Waals surface area contributed by atoms with Gasteiger partial charge in [-0.25, -0.2) is 0 Å². The third kappa shape index (κ3) is 4.67. The van der Waals surface area contributed by atoms with Crippen LogP contribution >= 0.6 is 0 Å². The molecular weight excluding hydrogens is 556 g/mol. The van der Waals surface area contributed by atoms with Crippen LogP contribution in [-0.4, -0.2) is 7.05 Å². The monoisotopic (exact) mass is 590 g/mol. The number of rotatable bonds is 7. The summed E-state index contributed by atoms with van der Waals surface area (Å²) < 4.78 is 0. The van der Waals surface area contributed by atoms with E-state index in [0.29, 0.717) is 0 Å². The van der Waals surface area contributed by atoms with E-state index in [1.54, 1.807) is 0 Å². The van der Waals surface area contributed by atoms with Crippen LogP contribution in [0.15, 0.2) is 158 Å². The van der Waals surface area contributed by atoms with Gasteiger partial charge in [-0.15, -0.1) is 0 Å². The molecule has 2 nitrogen and oxygen atoms in total. The molecule has 0 amide bonds. The number of benzene rings is 7. The molecule has 0 aromatic heterocycles. The van der Waals surface area contributed by atoms with Gasteiger partial charge in [0, 0.05) is 40.9 Å². The van der Waals surface area contributed by atoms with Crippen molar-refractivity contribution >= 4 is 72.9 Å². The lowest BCUT2D eigenvalue weighted by Gasteiger charge is -2.27. The van der Waals surface area contributed by atoms with E-state index in [9.17, 15) is 0 Å². The minimum absolute atomic E-state index is 0.936. The van der Waals surface area contributed by atoms with Crippen LogP contribution in [0.5, 0.6) is 0 Å². The molecule has 46 heavy (non-hydrogen) atoms. The van der Waals surface area contributed by atoms with Crippen LogP contribution in [0.25, 0.3) is 44.5 Å². The maximum absolute atomic E-state index is 3.93. The first-order valence-electron chi connectivity index (χ1n) is 15.8. The van der Waals surface area contributed by atoms with E-state index < -0.39 is 0 Å². The van der Waals surface area contributed by atoms with E-state index in [1.165, 1.54) is 54.4 Å². The van der Waals surface area contributed by atoms with Gasteiger partial charge in [-0.05, 0) is 104 Å². The van der Waals surface area contributed by atoms with Crippen molar-refractivity contribution in [1.29, 1.82) is 0 Å². The summed E-state index contributed by atoms with van der Waals surface area (Å²) in [6.07, 6.45) is 13.8. The fourth-order valence-corrected chi connectivity index (χ4v) is 7.02. The molecule has 0 atom stereocenters. The Bertz CT molecular complexity index is 2360. The van der Waals surface area contributed by atoms with E-state index in [4.69, 9.17) is 0 Å². The first-order chi connectivity index (χ1) is 22.7. The van der Waals surface area contributed by atoms with Gasteiger partial charge in [0.05, 0.1) is 0 Å². The molecule has 0 aliphatic heterocycles. The predicted octanol–water partition coefficient (Wildman–Crippen LogP) is 11.2. The Balaban J connectivity index is 1.22. The number of hydrogen-bond donors (Lipinski definition) is 0. The van der Waals surface area contributed by atoms with E-state index in [-0.39, 0.29) is 0 Å². The molecule has 1 aliphatic rings. The summed E-state index contributed by atoms with van der Waals surface area (Å²) in [5, 5.41) is 8.94. The number of para-hydroxylation sites is 1. The summed E-state index contributed by atoms with van der Waals surface area (Å²) in [5.41, 5.74) is 8.36. The minimum atomic E-state index is 0.936. The molecule has 0 fully saturated rings. The highest BCUT2D eigenvalue weighted by atomic mass is 15.1. The van der Waals surface area contributed by atoms with Gasteiger partial charge < -0.3 is 9.80 Å². The molecule has 0 radical (unpaired) electrons. The van der Waals surface area contributed by atoms with Gasteiger partial charge in [0.2, 0.25) is 0 Å². The van der Waals surface area contributed by atoms with Gasteiger partial charge in [0.1, 0.15) is 0 Å². The van der Waals surface area contributed by atoms with Crippen LogP contribution < -0.4 is 15.0 Å². The Morgan fingerprint density at radius 3 is 2.17 bits per heavy atom. The second-order valence-electron chi connectivity index (χ2n) is 11.8. The molecule has 7 aromatic carbocycles. The first-order valence-corrected chi connectivity index (χ1v) is 15.8. The van der Waals surface area contributed by atoms with Crippen molar-refractivity contribution in [2.75, 3.05) is 16.8 Å². The molecule has 220 valence electrons. The van der Waals surface area contributed by atoms with Crippen LogP contribution in [0.4, 0.5) is 28.4 Å². The Morgan fingerprint density at radius 2 is 1.35 bits per heavy atom. The molecule has 0 saturated carbocycles. The van der Waals surface area contributed by atoms with Crippen LogP contribution in [0, 0.1) is 0 Å². The van der Waals surface area contributed by atoms with Crippen molar-refractivity contribution in [1.82, 2.24) is 0 Å². The number of allylic oxidation sites excluding steroid dienone is 4. The minimum Gasteiger partial charge on any atom is -0.344 e. The average molecular weight is 591 g/mol. The fourth-order valence-electron chi connectivity index (χ4n) is 7.02. The summed E-state index contributed by atoms with van der Waals surface area (Å²) in [6, 6.07) is 46.0. The second-order valence-corrected chi connectivity index (χ2v) is 11.8. The van der Waals surface area contributed by atoms with Gasteiger partial charge in [0.15, 0.2) is 0 Å². The average Bonchev–Trinajstić information content (AvgIpc) is 3.12. The Morgan fingerprint density at radius 1 is 0.630 bits per heavy atom. The topological polar surface area (TPSA) is 6.48 Å². The molecule has 0 heterocycles. The number of hydrogen-bond acceptors (Lipinski definition) is 2. The van der Waals surface area contributed by atoms with Crippen LogP contribution in [0.1, 0.15) is 11.1 Å². The molecule has 8 rings (SSSR count). The third-order valence-corrected chi connectivity index (χ3v) is 9.23. The van der Waals surface area contributed by atoms with Crippen molar-refractivity contribution in [3.05, 3.63) is 175 Å². The normalized spacial score (nSPS) is 12.5. The van der Waals surface area contributed by atoms with E-state index in [1.807, 2.05) is 6.08 Å². The summed E-state index contributed by atoms with van der Waals surface area (Å²) in [6.45, 7) is 3.93. The zero-order chi connectivity index (χ0) is 31.0. The number of fused-ring (bicyclic) bond motifs is 3. The Labute approximate surface area is 270 Å². The van der Waals surface area contributed by atoms with E-state index in [0.717, 1.165) is 29.2 Å². The second kappa shape index (κ2) is 11.6. The molecule has 2 heteroatoms. The predicted molar refractivity (Wildman–Crippen MR) is 200 cm³/mol. The van der Waals surface area contributed by atoms with Crippen LogP contribution in [0.2, 0.25) is 0 Å². The molecule has 1 aliphatic carbocycles. The highest BCUT2D eigenvalue weighted by Gasteiger charge is 2.18. The maximum Gasteiger partial charge on any atom is 0.0488 e. The zero-order valence-corrected chi connectivity index (χ0v) is 25.9. The van der Waals surface area contributed by atoms with Crippen molar-refractivity contribution in [2.45, 2.75) is 6.42 Å². The van der Waals surface area contributed by atoms with Gasteiger partial charge in [-0.3, -0.25) is 0 Å². The smallest absolute Gasteiger partial charge is 0.0488 e. The van der Waals surface area contributed by atoms with Gasteiger partial charge in [0.25, 0.3) is 0 Å².